The Morgan fingerprint density at radius 1 is 0.950 bits per heavy atom. The molecule has 3 amide bonds. The van der Waals surface area contributed by atoms with Gasteiger partial charge in [0.15, 0.2) is 0 Å². The average molecular weight is 564 g/mol. The first-order chi connectivity index (χ1) is 19.4. The van der Waals surface area contributed by atoms with Crippen LogP contribution in [-0.4, -0.2) is 46.5 Å². The van der Waals surface area contributed by atoms with E-state index in [9.17, 15) is 14.4 Å². The molecule has 0 spiro atoms. The van der Waals surface area contributed by atoms with E-state index in [0.717, 1.165) is 68.7 Å². The Kier molecular flexibility index (Phi) is 8.79. The molecule has 7 nitrogen and oxygen atoms in total. The van der Waals surface area contributed by atoms with Gasteiger partial charge in [-0.1, -0.05) is 50.1 Å². The third-order valence-corrected chi connectivity index (χ3v) is 8.78. The maximum atomic E-state index is 14.1. The smallest absolute Gasteiger partial charge is 0.324 e. The summed E-state index contributed by atoms with van der Waals surface area (Å²) in [5.41, 5.74) is 2.59. The number of urea groups is 1. The third kappa shape index (κ3) is 5.90. The molecule has 0 saturated heterocycles. The zero-order valence-electron chi connectivity index (χ0n) is 23.4. The van der Waals surface area contributed by atoms with Crippen LogP contribution in [-0.2, 0) is 11.2 Å². The first kappa shape index (κ1) is 28.2. The second-order valence-corrected chi connectivity index (χ2v) is 11.5. The summed E-state index contributed by atoms with van der Waals surface area (Å²) in [5, 5.41) is 4.50. The van der Waals surface area contributed by atoms with E-state index in [2.05, 4.69) is 5.32 Å². The van der Waals surface area contributed by atoms with Crippen LogP contribution in [0.15, 0.2) is 42.5 Å². The predicted molar refractivity (Wildman–Crippen MR) is 157 cm³/mol. The maximum Gasteiger partial charge on any atom is 0.324 e. The molecule has 2 aliphatic rings. The topological polar surface area (TPSA) is 80.6 Å². The highest BCUT2D eigenvalue weighted by Crippen LogP contribution is 2.32. The molecule has 212 valence electrons. The summed E-state index contributed by atoms with van der Waals surface area (Å²) in [4.78, 5) is 42.9. The van der Waals surface area contributed by atoms with Crippen LogP contribution in [0.2, 0.25) is 5.02 Å². The lowest BCUT2D eigenvalue weighted by atomic mass is 9.93. The number of hydrogen-bond acceptors (Lipinski definition) is 4. The van der Waals surface area contributed by atoms with Gasteiger partial charge in [0.2, 0.25) is 5.91 Å². The first-order valence-electron chi connectivity index (χ1n) is 14.5. The van der Waals surface area contributed by atoms with E-state index in [4.69, 9.17) is 16.3 Å². The van der Waals surface area contributed by atoms with Crippen LogP contribution in [0.4, 0.5) is 4.79 Å². The number of benzene rings is 2. The third-order valence-electron chi connectivity index (χ3n) is 8.52. The molecular formula is C32H38ClN3O4. The van der Waals surface area contributed by atoms with Gasteiger partial charge in [-0.3, -0.25) is 19.1 Å². The molecule has 1 heterocycles. The van der Waals surface area contributed by atoms with Crippen LogP contribution in [0.3, 0.4) is 0 Å². The van der Waals surface area contributed by atoms with Crippen LogP contribution in [0.5, 0.6) is 5.75 Å². The van der Waals surface area contributed by atoms with Crippen molar-refractivity contribution >= 4 is 40.3 Å². The largest absolute Gasteiger partial charge is 0.497 e. The molecule has 2 saturated carbocycles. The van der Waals surface area contributed by atoms with Crippen LogP contribution in [0.25, 0.3) is 10.9 Å². The van der Waals surface area contributed by atoms with Gasteiger partial charge in [0, 0.05) is 33.7 Å². The van der Waals surface area contributed by atoms with Crippen molar-refractivity contribution in [1.82, 2.24) is 14.8 Å². The standard InChI is InChI=1S/C32H38ClN3O4/c1-21-27(20-30(37)36(25-11-7-4-8-12-25)32(39)34-24-9-5-3-6-10-24)28-19-26(40-2)17-18-29(28)35(21)31(38)22-13-15-23(33)16-14-22/h13-19,24-25H,3-12,20H2,1-2H3,(H,34,39). The Balaban J connectivity index is 1.50. The minimum Gasteiger partial charge on any atom is -0.497 e. The number of imide groups is 1. The van der Waals surface area contributed by atoms with Crippen molar-refractivity contribution in [2.45, 2.75) is 89.6 Å². The molecule has 0 aliphatic heterocycles. The van der Waals surface area contributed by atoms with Gasteiger partial charge in [-0.2, -0.15) is 0 Å². The van der Waals surface area contributed by atoms with Gasteiger partial charge >= 0.3 is 6.03 Å². The molecule has 1 aromatic heterocycles. The van der Waals surface area contributed by atoms with Crippen molar-refractivity contribution in [3.8, 4) is 5.75 Å². The van der Waals surface area contributed by atoms with E-state index in [1.165, 1.54) is 11.3 Å². The van der Waals surface area contributed by atoms with Gasteiger partial charge in [-0.05, 0) is 80.6 Å². The average Bonchev–Trinajstić information content (AvgIpc) is 3.24. The van der Waals surface area contributed by atoms with Crippen molar-refractivity contribution < 1.29 is 19.1 Å². The number of nitrogens with one attached hydrogen (secondary N) is 1. The number of carbonyl (C=O) groups excluding carboxylic acids is 3. The summed E-state index contributed by atoms with van der Waals surface area (Å²) in [6, 6.07) is 12.0. The summed E-state index contributed by atoms with van der Waals surface area (Å²) in [5.74, 6) is 0.197. The summed E-state index contributed by atoms with van der Waals surface area (Å²) >= 11 is 6.06. The van der Waals surface area contributed by atoms with E-state index < -0.39 is 0 Å². The molecule has 1 N–H and O–H groups in total. The SMILES string of the molecule is COc1ccc2c(c1)c(CC(=O)N(C(=O)NC1CCCCC1)C1CCCCC1)c(C)n2C(=O)c1ccc(Cl)cc1. The van der Waals surface area contributed by atoms with E-state index in [1.807, 2.05) is 25.1 Å². The molecule has 3 aromatic rings. The number of aromatic nitrogens is 1. The number of hydrogen-bond donors (Lipinski definition) is 1. The molecular weight excluding hydrogens is 526 g/mol. The maximum absolute atomic E-state index is 14.1. The minimum absolute atomic E-state index is 0.0188. The summed E-state index contributed by atoms with van der Waals surface area (Å²) in [6.45, 7) is 1.86. The van der Waals surface area contributed by atoms with Gasteiger partial charge in [0.25, 0.3) is 5.91 Å². The number of carbonyl (C=O) groups is 3. The zero-order valence-corrected chi connectivity index (χ0v) is 24.1. The van der Waals surface area contributed by atoms with Crippen LogP contribution in [0, 0.1) is 6.92 Å². The molecule has 0 radical (unpaired) electrons. The van der Waals surface area contributed by atoms with Gasteiger partial charge in [-0.25, -0.2) is 4.79 Å². The number of nitrogens with zero attached hydrogens (tertiary/aromatic N) is 2. The number of fused-ring (bicyclic) bond motifs is 1. The van der Waals surface area contributed by atoms with Crippen molar-refractivity contribution in [2.75, 3.05) is 7.11 Å². The van der Waals surface area contributed by atoms with E-state index in [0.29, 0.717) is 27.5 Å². The summed E-state index contributed by atoms with van der Waals surface area (Å²) in [7, 11) is 1.59. The summed E-state index contributed by atoms with van der Waals surface area (Å²) in [6.07, 6.45) is 10.1. The minimum atomic E-state index is -0.278. The fourth-order valence-corrected chi connectivity index (χ4v) is 6.47. The normalized spacial score (nSPS) is 16.6. The monoisotopic (exact) mass is 563 g/mol. The van der Waals surface area contributed by atoms with Crippen molar-refractivity contribution in [2.24, 2.45) is 0 Å². The number of amides is 3. The van der Waals surface area contributed by atoms with Gasteiger partial charge in [-0.15, -0.1) is 0 Å². The Morgan fingerprint density at radius 3 is 2.25 bits per heavy atom. The molecule has 2 aromatic carbocycles. The first-order valence-corrected chi connectivity index (χ1v) is 14.9. The van der Waals surface area contributed by atoms with Crippen LogP contribution in [0.1, 0.15) is 85.8 Å². The lowest BCUT2D eigenvalue weighted by Gasteiger charge is -2.34. The Bertz CT molecular complexity index is 1390. The predicted octanol–water partition coefficient (Wildman–Crippen LogP) is 7.05. The van der Waals surface area contributed by atoms with Crippen LogP contribution < -0.4 is 10.1 Å². The van der Waals surface area contributed by atoms with Crippen molar-refractivity contribution in [3.05, 3.63) is 64.3 Å². The van der Waals surface area contributed by atoms with E-state index >= 15 is 0 Å². The number of halogens is 1. The lowest BCUT2D eigenvalue weighted by Crippen LogP contribution is -2.53. The highest BCUT2D eigenvalue weighted by molar-refractivity contribution is 6.30. The van der Waals surface area contributed by atoms with Gasteiger partial charge < -0.3 is 10.1 Å². The number of ether oxygens (including phenoxy) is 1. The molecule has 2 fully saturated rings. The fourth-order valence-electron chi connectivity index (χ4n) is 6.35. The molecule has 0 unspecified atom stereocenters. The second kappa shape index (κ2) is 12.5. The molecule has 5 rings (SSSR count). The van der Waals surface area contributed by atoms with E-state index in [-0.39, 0.29) is 36.3 Å². The fraction of sp³-hybridized carbons (Fsp3) is 0.469. The lowest BCUT2D eigenvalue weighted by molar-refractivity contribution is -0.129. The number of methoxy groups -OCH3 is 1. The van der Waals surface area contributed by atoms with Gasteiger partial charge in [0.1, 0.15) is 5.75 Å². The number of rotatable bonds is 6. The Morgan fingerprint density at radius 2 is 1.60 bits per heavy atom. The molecule has 8 heteroatoms. The Labute approximate surface area is 240 Å². The van der Waals surface area contributed by atoms with Gasteiger partial charge in [0.05, 0.1) is 19.0 Å². The van der Waals surface area contributed by atoms with Crippen molar-refractivity contribution in [3.63, 3.8) is 0 Å². The summed E-state index contributed by atoms with van der Waals surface area (Å²) < 4.78 is 7.13. The Hall–Kier alpha value is -3.32. The van der Waals surface area contributed by atoms with Crippen molar-refractivity contribution in [1.29, 1.82) is 0 Å². The second-order valence-electron chi connectivity index (χ2n) is 11.1. The zero-order chi connectivity index (χ0) is 28.2. The quantitative estimate of drug-likeness (QED) is 0.348. The highest BCUT2D eigenvalue weighted by atomic mass is 35.5. The van der Waals surface area contributed by atoms with Crippen LogP contribution >= 0.6 is 11.6 Å². The molecule has 2 aliphatic carbocycles. The highest BCUT2D eigenvalue weighted by Gasteiger charge is 2.33. The molecule has 40 heavy (non-hydrogen) atoms. The molecule has 0 bridgehead atoms. The van der Waals surface area contributed by atoms with E-state index in [1.54, 1.807) is 35.9 Å². The molecule has 0 atom stereocenters.